The minimum atomic E-state index is -4.30. The van der Waals surface area contributed by atoms with E-state index in [0.29, 0.717) is 0 Å². The van der Waals surface area contributed by atoms with E-state index in [4.69, 9.17) is 0 Å². The summed E-state index contributed by atoms with van der Waals surface area (Å²) in [5.74, 6) is 4.29. The third-order valence-electron chi connectivity index (χ3n) is 1.35. The van der Waals surface area contributed by atoms with E-state index in [-0.39, 0.29) is 13.2 Å². The molecule has 0 aliphatic rings. The lowest BCUT2D eigenvalue weighted by molar-refractivity contribution is 0.324. The van der Waals surface area contributed by atoms with Gasteiger partial charge in [0.1, 0.15) is 0 Å². The standard InChI is InChI=1S/C8H14O6S2/c1-4-7-8(15(9,10)13-5-2)16(11,12)14-6-3/h8H,5-6H2,1-3H3. The zero-order valence-corrected chi connectivity index (χ0v) is 10.9. The van der Waals surface area contributed by atoms with E-state index < -0.39 is 24.8 Å². The smallest absolute Gasteiger partial charge is 0.269 e. The summed E-state index contributed by atoms with van der Waals surface area (Å²) in [6.07, 6.45) is 0. The van der Waals surface area contributed by atoms with Crippen LogP contribution >= 0.6 is 0 Å². The van der Waals surface area contributed by atoms with Gasteiger partial charge in [0.15, 0.2) is 0 Å². The van der Waals surface area contributed by atoms with Gasteiger partial charge in [0, 0.05) is 0 Å². The summed E-state index contributed by atoms with van der Waals surface area (Å²) in [5.41, 5.74) is 0. The third kappa shape index (κ3) is 4.09. The molecule has 0 saturated carbocycles. The van der Waals surface area contributed by atoms with Crippen LogP contribution < -0.4 is 0 Å². The molecule has 0 spiro atoms. The Morgan fingerprint density at radius 2 is 1.38 bits per heavy atom. The van der Waals surface area contributed by atoms with E-state index >= 15 is 0 Å². The van der Waals surface area contributed by atoms with Crippen molar-refractivity contribution < 1.29 is 25.2 Å². The molecule has 0 N–H and O–H groups in total. The Labute approximate surface area is 96.2 Å². The summed E-state index contributed by atoms with van der Waals surface area (Å²) >= 11 is 0. The first-order chi connectivity index (χ1) is 7.31. The summed E-state index contributed by atoms with van der Waals surface area (Å²) in [5, 5.41) is 0. The second-order valence-corrected chi connectivity index (χ2v) is 6.21. The first-order valence-electron chi connectivity index (χ1n) is 4.50. The maximum absolute atomic E-state index is 11.5. The summed E-state index contributed by atoms with van der Waals surface area (Å²) in [7, 11) is -8.60. The van der Waals surface area contributed by atoms with E-state index in [0.717, 1.165) is 0 Å². The number of rotatable bonds is 6. The van der Waals surface area contributed by atoms with Crippen molar-refractivity contribution >= 4 is 20.2 Å². The van der Waals surface area contributed by atoms with Crippen LogP contribution in [0, 0.1) is 11.8 Å². The van der Waals surface area contributed by atoms with Crippen LogP contribution in [-0.2, 0) is 28.6 Å². The molecule has 94 valence electrons. The minimum absolute atomic E-state index is 0.161. The van der Waals surface area contributed by atoms with Gasteiger partial charge in [-0.3, -0.25) is 8.37 Å². The van der Waals surface area contributed by atoms with Gasteiger partial charge in [-0.2, -0.15) is 16.8 Å². The molecule has 0 atom stereocenters. The monoisotopic (exact) mass is 270 g/mol. The lowest BCUT2D eigenvalue weighted by Crippen LogP contribution is -2.32. The normalized spacial score (nSPS) is 12.2. The summed E-state index contributed by atoms with van der Waals surface area (Å²) < 4.78 is 52.6. The topological polar surface area (TPSA) is 86.7 Å². The van der Waals surface area contributed by atoms with E-state index in [1.807, 2.05) is 0 Å². The van der Waals surface area contributed by atoms with Crippen molar-refractivity contribution in [3.8, 4) is 11.8 Å². The van der Waals surface area contributed by atoms with Crippen molar-refractivity contribution in [3.05, 3.63) is 0 Å². The molecule has 16 heavy (non-hydrogen) atoms. The van der Waals surface area contributed by atoms with Crippen LogP contribution in [0.15, 0.2) is 0 Å². The highest BCUT2D eigenvalue weighted by Crippen LogP contribution is 2.13. The van der Waals surface area contributed by atoms with E-state index in [1.54, 1.807) is 0 Å². The number of hydrogen-bond donors (Lipinski definition) is 0. The average Bonchev–Trinajstić information content (AvgIpc) is 2.13. The average molecular weight is 270 g/mol. The fourth-order valence-corrected chi connectivity index (χ4v) is 3.78. The largest absolute Gasteiger partial charge is 0.299 e. The van der Waals surface area contributed by atoms with E-state index in [1.165, 1.54) is 20.8 Å². The summed E-state index contributed by atoms with van der Waals surface area (Å²) in [6, 6.07) is 0. The van der Waals surface area contributed by atoms with Crippen LogP contribution in [0.1, 0.15) is 20.8 Å². The summed E-state index contributed by atoms with van der Waals surface area (Å²) in [6.45, 7) is 3.87. The molecule has 0 aliphatic heterocycles. The third-order valence-corrected chi connectivity index (χ3v) is 5.18. The lowest BCUT2D eigenvalue weighted by Gasteiger charge is -2.11. The zero-order valence-electron chi connectivity index (χ0n) is 9.26. The van der Waals surface area contributed by atoms with Crippen molar-refractivity contribution in [2.75, 3.05) is 13.2 Å². The maximum atomic E-state index is 11.5. The molecule has 8 heteroatoms. The minimum Gasteiger partial charge on any atom is -0.269 e. The second kappa shape index (κ2) is 6.20. The number of hydrogen-bond acceptors (Lipinski definition) is 6. The lowest BCUT2D eigenvalue weighted by atomic mass is 10.7. The molecule has 0 rings (SSSR count). The Morgan fingerprint density at radius 3 is 1.62 bits per heavy atom. The van der Waals surface area contributed by atoms with Crippen LogP contribution in [0.3, 0.4) is 0 Å². The SMILES string of the molecule is CC#CC(S(=O)(=O)OCC)S(=O)(=O)OCC. The molecule has 0 radical (unpaired) electrons. The van der Waals surface area contributed by atoms with E-state index in [9.17, 15) is 16.8 Å². The second-order valence-electron chi connectivity index (χ2n) is 2.52. The first-order valence-corrected chi connectivity index (χ1v) is 7.44. The fourth-order valence-electron chi connectivity index (χ4n) is 0.859. The molecule has 0 bridgehead atoms. The first kappa shape index (κ1) is 15.4. The van der Waals surface area contributed by atoms with Crippen molar-refractivity contribution in [2.45, 2.75) is 25.4 Å². The van der Waals surface area contributed by atoms with Crippen LogP contribution in [0.4, 0.5) is 0 Å². The molecule has 0 fully saturated rings. The Hall–Kier alpha value is -0.620. The molecule has 0 aromatic rings. The van der Waals surface area contributed by atoms with Gasteiger partial charge < -0.3 is 0 Å². The highest BCUT2D eigenvalue weighted by Gasteiger charge is 2.38. The van der Waals surface area contributed by atoms with E-state index in [2.05, 4.69) is 20.2 Å². The summed E-state index contributed by atoms with van der Waals surface area (Å²) in [4.78, 5) is 0. The fraction of sp³-hybridized carbons (Fsp3) is 0.750. The molecule has 6 nitrogen and oxygen atoms in total. The Morgan fingerprint density at radius 1 is 1.00 bits per heavy atom. The quantitative estimate of drug-likeness (QED) is 0.501. The molecule has 0 unspecified atom stereocenters. The van der Waals surface area contributed by atoms with Gasteiger partial charge in [-0.25, -0.2) is 0 Å². The highest BCUT2D eigenvalue weighted by atomic mass is 32.3. The molecule has 0 saturated heterocycles. The van der Waals surface area contributed by atoms with Gasteiger partial charge in [-0.15, -0.1) is 5.92 Å². The Balaban J connectivity index is 5.40. The van der Waals surface area contributed by atoms with Gasteiger partial charge in [0.25, 0.3) is 24.8 Å². The molecular formula is C8H14O6S2. The Kier molecular flexibility index (Phi) is 5.96. The van der Waals surface area contributed by atoms with Crippen molar-refractivity contribution in [1.82, 2.24) is 0 Å². The maximum Gasteiger partial charge on any atom is 0.299 e. The highest BCUT2D eigenvalue weighted by molar-refractivity contribution is 8.05. The molecule has 0 amide bonds. The van der Waals surface area contributed by atoms with Crippen LogP contribution in [0.5, 0.6) is 0 Å². The van der Waals surface area contributed by atoms with Crippen LogP contribution in [-0.4, -0.2) is 34.6 Å². The molecule has 0 aliphatic carbocycles. The Bertz CT molecular complexity index is 428. The van der Waals surface area contributed by atoms with Gasteiger partial charge in [-0.1, -0.05) is 5.92 Å². The van der Waals surface area contributed by atoms with Gasteiger partial charge >= 0.3 is 0 Å². The van der Waals surface area contributed by atoms with Crippen molar-refractivity contribution in [1.29, 1.82) is 0 Å². The van der Waals surface area contributed by atoms with Crippen LogP contribution in [0.2, 0.25) is 0 Å². The zero-order chi connectivity index (χ0) is 12.8. The van der Waals surface area contributed by atoms with Crippen LogP contribution in [0.25, 0.3) is 0 Å². The molecular weight excluding hydrogens is 256 g/mol. The van der Waals surface area contributed by atoms with Gasteiger partial charge in [0.2, 0.25) is 0 Å². The predicted molar refractivity (Wildman–Crippen MR) is 58.3 cm³/mol. The van der Waals surface area contributed by atoms with Crippen molar-refractivity contribution in [2.24, 2.45) is 0 Å². The molecule has 0 aromatic heterocycles. The predicted octanol–water partition coefficient (Wildman–Crippen LogP) is 0.0684. The van der Waals surface area contributed by atoms with Crippen molar-refractivity contribution in [3.63, 3.8) is 0 Å². The van der Waals surface area contributed by atoms with Gasteiger partial charge in [-0.05, 0) is 20.8 Å². The molecule has 0 aromatic carbocycles. The molecule has 0 heterocycles. The van der Waals surface area contributed by atoms with Gasteiger partial charge in [0.05, 0.1) is 13.2 Å².